The lowest BCUT2D eigenvalue weighted by molar-refractivity contribution is 0.436. The van der Waals surface area contributed by atoms with Gasteiger partial charge in [0.2, 0.25) is 0 Å². The Morgan fingerprint density at radius 2 is 0.847 bits per heavy atom. The lowest BCUT2D eigenvalue weighted by Gasteiger charge is -2.39. The Morgan fingerprint density at radius 1 is 0.339 bits per heavy atom. The van der Waals surface area contributed by atoms with Crippen LogP contribution in [0, 0.1) is 0 Å². The van der Waals surface area contributed by atoms with Crippen LogP contribution in [0.15, 0.2) is 194 Å². The summed E-state index contributed by atoms with van der Waals surface area (Å²) in [5, 5.41) is 0. The van der Waals surface area contributed by atoms with Gasteiger partial charge in [-0.05, 0) is 98.1 Å². The molecule has 0 N–H and O–H groups in total. The third-order valence-electron chi connectivity index (χ3n) is 13.0. The normalized spacial score (nSPS) is 14.3. The van der Waals surface area contributed by atoms with Crippen LogP contribution < -0.4 is 4.74 Å². The summed E-state index contributed by atoms with van der Waals surface area (Å²) in [6, 6.07) is 69.8. The molecule has 3 nitrogen and oxygen atoms in total. The number of fused-ring (bicyclic) bond motifs is 12. The predicted molar refractivity (Wildman–Crippen MR) is 239 cm³/mol. The van der Waals surface area contributed by atoms with Crippen molar-refractivity contribution in [1.29, 1.82) is 0 Å². The Balaban J connectivity index is 1.03. The van der Waals surface area contributed by atoms with Gasteiger partial charge in [-0.1, -0.05) is 166 Å². The second kappa shape index (κ2) is 12.6. The quantitative estimate of drug-likeness (QED) is 0.179. The first-order chi connectivity index (χ1) is 29.0. The van der Waals surface area contributed by atoms with Crippen molar-refractivity contribution in [3.05, 3.63) is 228 Å². The van der Waals surface area contributed by atoms with Crippen LogP contribution >= 0.6 is 0 Å². The van der Waals surface area contributed by atoms with E-state index in [1.165, 1.54) is 50.1 Å². The van der Waals surface area contributed by atoms with Crippen molar-refractivity contribution in [3.8, 4) is 78.8 Å². The Kier molecular flexibility index (Phi) is 7.19. The molecule has 278 valence electrons. The van der Waals surface area contributed by atoms with E-state index in [1.54, 1.807) is 0 Å². The van der Waals surface area contributed by atoms with Gasteiger partial charge in [0, 0.05) is 33.2 Å². The van der Waals surface area contributed by atoms with E-state index in [1.807, 2.05) is 6.07 Å². The molecule has 2 heterocycles. The minimum Gasteiger partial charge on any atom is -0.457 e. The summed E-state index contributed by atoms with van der Waals surface area (Å²) in [5.41, 5.74) is 19.1. The number of para-hydroxylation sites is 1. The number of aromatic nitrogens is 2. The molecule has 1 aliphatic heterocycles. The monoisotopic (exact) mass is 754 g/mol. The highest BCUT2D eigenvalue weighted by Crippen LogP contribution is 2.62. The summed E-state index contributed by atoms with van der Waals surface area (Å²) >= 11 is 0. The topological polar surface area (TPSA) is 35.0 Å². The maximum atomic E-state index is 6.74. The SMILES string of the molecule is CC1(C)c2ccccc2-c2ccc(-c3cccc(-c4cc(-c5ccccc5)nc(-c5ccc6c(c5)C5(c7ccccc7O6)c6ccccc6-c6ccccc65)n4)c3)cc21. The average molecular weight is 755 g/mol. The first-order valence-electron chi connectivity index (χ1n) is 20.4. The van der Waals surface area contributed by atoms with Crippen LogP contribution in [0.25, 0.3) is 67.3 Å². The van der Waals surface area contributed by atoms with Gasteiger partial charge in [0.15, 0.2) is 5.82 Å². The smallest absolute Gasteiger partial charge is 0.160 e. The van der Waals surface area contributed by atoms with Crippen molar-refractivity contribution in [1.82, 2.24) is 9.97 Å². The lowest BCUT2D eigenvalue weighted by Crippen LogP contribution is -2.32. The van der Waals surface area contributed by atoms with Crippen LogP contribution in [0.1, 0.15) is 47.2 Å². The number of benzene rings is 8. The first-order valence-corrected chi connectivity index (χ1v) is 20.4. The van der Waals surface area contributed by atoms with Crippen LogP contribution in [0.5, 0.6) is 11.5 Å². The zero-order valence-electron chi connectivity index (χ0n) is 32.8. The summed E-state index contributed by atoms with van der Waals surface area (Å²) in [6.07, 6.45) is 0. The Bertz CT molecular complexity index is 3130. The van der Waals surface area contributed by atoms with E-state index in [-0.39, 0.29) is 5.41 Å². The molecule has 0 atom stereocenters. The first kappa shape index (κ1) is 33.7. The minimum atomic E-state index is -0.576. The molecule has 0 radical (unpaired) electrons. The van der Waals surface area contributed by atoms with Crippen molar-refractivity contribution in [2.75, 3.05) is 0 Å². The van der Waals surface area contributed by atoms with Crippen molar-refractivity contribution in [3.63, 3.8) is 0 Å². The van der Waals surface area contributed by atoms with Gasteiger partial charge in [0.1, 0.15) is 11.5 Å². The zero-order chi connectivity index (χ0) is 39.3. The highest BCUT2D eigenvalue weighted by molar-refractivity contribution is 5.89. The molecular weight excluding hydrogens is 717 g/mol. The molecule has 0 saturated carbocycles. The summed E-state index contributed by atoms with van der Waals surface area (Å²) < 4.78 is 6.74. The van der Waals surface area contributed by atoms with Crippen molar-refractivity contribution in [2.24, 2.45) is 0 Å². The average Bonchev–Trinajstić information content (AvgIpc) is 3.72. The largest absolute Gasteiger partial charge is 0.457 e. The standard InChI is InChI=1S/C56H38N2O/c1-55(2)44-22-9-6-19-40(44)43-29-27-37(32-48(43)55)36-17-14-18-38(31-36)51-34-50(35-15-4-3-5-16-35)57-54(58-51)39-28-30-53-49(33-39)56(47-25-12-13-26-52(47)59-53)45-23-10-7-20-41(45)42-21-8-11-24-46(42)56/h3-34H,1-2H3. The number of nitrogens with zero attached hydrogens (tertiary/aromatic N) is 2. The van der Waals surface area contributed by atoms with E-state index in [9.17, 15) is 0 Å². The highest BCUT2D eigenvalue weighted by Gasteiger charge is 2.51. The summed E-state index contributed by atoms with van der Waals surface area (Å²) in [6.45, 7) is 4.67. The van der Waals surface area contributed by atoms with Crippen molar-refractivity contribution < 1.29 is 4.74 Å². The molecule has 0 amide bonds. The molecule has 1 aromatic heterocycles. The van der Waals surface area contributed by atoms with E-state index < -0.39 is 5.41 Å². The molecule has 8 aromatic carbocycles. The van der Waals surface area contributed by atoms with Gasteiger partial charge in [-0.3, -0.25) is 0 Å². The maximum absolute atomic E-state index is 6.74. The van der Waals surface area contributed by atoms with Crippen LogP contribution in [0.3, 0.4) is 0 Å². The van der Waals surface area contributed by atoms with Gasteiger partial charge in [-0.2, -0.15) is 0 Å². The van der Waals surface area contributed by atoms with E-state index in [2.05, 4.69) is 202 Å². The Labute approximate surface area is 344 Å². The highest BCUT2D eigenvalue weighted by atomic mass is 16.5. The van der Waals surface area contributed by atoms with E-state index in [4.69, 9.17) is 14.7 Å². The fourth-order valence-corrected chi connectivity index (χ4v) is 10.2. The third kappa shape index (κ3) is 4.88. The molecule has 0 saturated heterocycles. The fourth-order valence-electron chi connectivity index (χ4n) is 10.2. The second-order valence-electron chi connectivity index (χ2n) is 16.5. The molecular formula is C56H38N2O. The Morgan fingerprint density at radius 3 is 1.59 bits per heavy atom. The van der Waals surface area contributed by atoms with E-state index >= 15 is 0 Å². The minimum absolute atomic E-state index is 0.0745. The van der Waals surface area contributed by atoms with Crippen LogP contribution in [-0.2, 0) is 10.8 Å². The molecule has 0 unspecified atom stereocenters. The Hall–Kier alpha value is -7.36. The predicted octanol–water partition coefficient (Wildman–Crippen LogP) is 13.9. The summed E-state index contributed by atoms with van der Waals surface area (Å²) in [4.78, 5) is 10.7. The third-order valence-corrected chi connectivity index (χ3v) is 13.0. The van der Waals surface area contributed by atoms with Gasteiger partial charge in [-0.25, -0.2) is 9.97 Å². The van der Waals surface area contributed by atoms with Gasteiger partial charge in [-0.15, -0.1) is 0 Å². The molecule has 59 heavy (non-hydrogen) atoms. The van der Waals surface area contributed by atoms with E-state index in [0.29, 0.717) is 5.82 Å². The summed E-state index contributed by atoms with van der Waals surface area (Å²) in [7, 11) is 0. The molecule has 1 spiro atoms. The molecule has 3 heteroatoms. The van der Waals surface area contributed by atoms with E-state index in [0.717, 1.165) is 56.3 Å². The van der Waals surface area contributed by atoms with Crippen LogP contribution in [-0.4, -0.2) is 9.97 Å². The number of hydrogen-bond donors (Lipinski definition) is 0. The fraction of sp³-hybridized carbons (Fsp3) is 0.0714. The molecule has 3 aliphatic rings. The number of hydrogen-bond acceptors (Lipinski definition) is 3. The summed E-state index contributed by atoms with van der Waals surface area (Å²) in [5.74, 6) is 2.38. The number of rotatable bonds is 4. The second-order valence-corrected chi connectivity index (χ2v) is 16.5. The lowest BCUT2D eigenvalue weighted by atomic mass is 9.66. The molecule has 0 bridgehead atoms. The van der Waals surface area contributed by atoms with Crippen LogP contribution in [0.4, 0.5) is 0 Å². The molecule has 9 aromatic rings. The van der Waals surface area contributed by atoms with Crippen molar-refractivity contribution >= 4 is 0 Å². The van der Waals surface area contributed by atoms with Gasteiger partial charge < -0.3 is 4.74 Å². The van der Waals surface area contributed by atoms with Crippen LogP contribution in [0.2, 0.25) is 0 Å². The van der Waals surface area contributed by atoms with Gasteiger partial charge in [0.05, 0.1) is 16.8 Å². The maximum Gasteiger partial charge on any atom is 0.160 e. The zero-order valence-corrected chi connectivity index (χ0v) is 32.8. The molecule has 2 aliphatic carbocycles. The van der Waals surface area contributed by atoms with Gasteiger partial charge in [0.25, 0.3) is 0 Å². The van der Waals surface area contributed by atoms with Crippen molar-refractivity contribution in [2.45, 2.75) is 24.7 Å². The van der Waals surface area contributed by atoms with Gasteiger partial charge >= 0.3 is 0 Å². The molecule has 12 rings (SSSR count). The molecule has 0 fully saturated rings. The number of ether oxygens (including phenoxy) is 1.